The van der Waals surface area contributed by atoms with Crippen LogP contribution in [0.1, 0.15) is 35.1 Å². The highest BCUT2D eigenvalue weighted by Crippen LogP contribution is 2.36. The van der Waals surface area contributed by atoms with Gasteiger partial charge in [0.05, 0.1) is 14.2 Å². The number of hydrogen-bond acceptors (Lipinski definition) is 6. The number of carbonyl (C=O) groups is 1. The third-order valence-corrected chi connectivity index (χ3v) is 6.52. The number of nitrogens with zero attached hydrogens (tertiary/aromatic N) is 3. The Hall–Kier alpha value is -4.00. The molecule has 1 aromatic heterocycles. The molecule has 0 spiro atoms. The summed E-state index contributed by atoms with van der Waals surface area (Å²) >= 11 is 0. The van der Waals surface area contributed by atoms with E-state index in [0.717, 1.165) is 40.8 Å². The van der Waals surface area contributed by atoms with Crippen molar-refractivity contribution in [3.8, 4) is 22.6 Å². The molecule has 0 aliphatic carbocycles. The fourth-order valence-corrected chi connectivity index (χ4v) is 4.58. The fourth-order valence-electron chi connectivity index (χ4n) is 4.58. The number of anilines is 1. The Bertz CT molecular complexity index is 1340. The molecule has 1 atom stereocenters. The van der Waals surface area contributed by atoms with Gasteiger partial charge in [-0.1, -0.05) is 18.2 Å². The van der Waals surface area contributed by atoms with Gasteiger partial charge in [0.2, 0.25) is 5.89 Å². The van der Waals surface area contributed by atoms with Crippen molar-refractivity contribution in [2.24, 2.45) is 0 Å². The van der Waals surface area contributed by atoms with Crippen LogP contribution in [0.15, 0.2) is 65.1 Å². The highest BCUT2D eigenvalue weighted by molar-refractivity contribution is 5.95. The maximum Gasteiger partial charge on any atom is 0.254 e. The van der Waals surface area contributed by atoms with E-state index in [0.29, 0.717) is 29.5 Å². The normalized spacial score (nSPS) is 15.4. The van der Waals surface area contributed by atoms with Crippen LogP contribution in [-0.4, -0.2) is 50.7 Å². The number of hydrogen-bond donors (Lipinski definition) is 0. The van der Waals surface area contributed by atoms with Gasteiger partial charge in [-0.15, -0.1) is 0 Å². The summed E-state index contributed by atoms with van der Waals surface area (Å²) in [5.74, 6) is 1.64. The summed E-state index contributed by atoms with van der Waals surface area (Å²) in [5, 5.41) is 0. The van der Waals surface area contributed by atoms with Crippen LogP contribution < -0.4 is 14.4 Å². The zero-order valence-electron chi connectivity index (χ0n) is 20.4. The second-order valence-electron chi connectivity index (χ2n) is 8.93. The number of ether oxygens (including phenoxy) is 2. The lowest BCUT2D eigenvalue weighted by Gasteiger charge is -2.22. The number of fused-ring (bicyclic) bond motifs is 1. The maximum absolute atomic E-state index is 13.4. The van der Waals surface area contributed by atoms with Gasteiger partial charge in [0.25, 0.3) is 5.91 Å². The molecule has 0 unspecified atom stereocenters. The first-order chi connectivity index (χ1) is 17.0. The molecule has 1 saturated heterocycles. The van der Waals surface area contributed by atoms with Crippen molar-refractivity contribution in [2.45, 2.75) is 18.9 Å². The number of oxazole rings is 1. The first-order valence-corrected chi connectivity index (χ1v) is 11.7. The highest BCUT2D eigenvalue weighted by atomic mass is 16.5. The molecule has 0 saturated carbocycles. The first-order valence-electron chi connectivity index (χ1n) is 11.7. The Morgan fingerprint density at radius 2 is 1.66 bits per heavy atom. The van der Waals surface area contributed by atoms with Crippen LogP contribution >= 0.6 is 0 Å². The van der Waals surface area contributed by atoms with E-state index in [-0.39, 0.29) is 11.9 Å². The lowest BCUT2D eigenvalue weighted by atomic mass is 10.0. The number of rotatable bonds is 6. The molecule has 35 heavy (non-hydrogen) atoms. The van der Waals surface area contributed by atoms with Gasteiger partial charge < -0.3 is 23.7 Å². The molecule has 7 nitrogen and oxygen atoms in total. The number of likely N-dealkylation sites (tertiary alicyclic amines) is 1. The first kappa shape index (κ1) is 22.8. The van der Waals surface area contributed by atoms with Crippen molar-refractivity contribution in [2.75, 3.05) is 39.8 Å². The number of methoxy groups -OCH3 is 2. The predicted molar refractivity (Wildman–Crippen MR) is 136 cm³/mol. The second kappa shape index (κ2) is 9.33. The van der Waals surface area contributed by atoms with Gasteiger partial charge in [-0.2, -0.15) is 0 Å². The molecule has 0 bridgehead atoms. The quantitative estimate of drug-likeness (QED) is 0.367. The van der Waals surface area contributed by atoms with Gasteiger partial charge in [0.1, 0.15) is 23.1 Å². The molecular weight excluding hydrogens is 442 g/mol. The fraction of sp³-hybridized carbons (Fsp3) is 0.286. The summed E-state index contributed by atoms with van der Waals surface area (Å²) in [5.41, 5.74) is 5.37. The minimum absolute atomic E-state index is 0.0892. The predicted octanol–water partition coefficient (Wildman–Crippen LogP) is 5.56. The number of amides is 1. The zero-order chi connectivity index (χ0) is 24.5. The van der Waals surface area contributed by atoms with Gasteiger partial charge in [-0.05, 0) is 60.4 Å². The summed E-state index contributed by atoms with van der Waals surface area (Å²) in [6.07, 6.45) is 1.69. The Balaban J connectivity index is 1.43. The van der Waals surface area contributed by atoms with E-state index >= 15 is 0 Å². The van der Waals surface area contributed by atoms with Crippen LogP contribution in [0, 0.1) is 0 Å². The third-order valence-electron chi connectivity index (χ3n) is 6.52. The van der Waals surface area contributed by atoms with Crippen molar-refractivity contribution in [1.82, 2.24) is 9.88 Å². The molecule has 3 aromatic carbocycles. The molecule has 2 heterocycles. The molecule has 7 heteroatoms. The average Bonchev–Trinajstić information content (AvgIpc) is 3.54. The van der Waals surface area contributed by atoms with Crippen LogP contribution in [0.2, 0.25) is 0 Å². The van der Waals surface area contributed by atoms with Gasteiger partial charge in [0, 0.05) is 38.0 Å². The van der Waals surface area contributed by atoms with E-state index in [9.17, 15) is 4.79 Å². The van der Waals surface area contributed by atoms with E-state index in [2.05, 4.69) is 29.2 Å². The molecule has 0 N–H and O–H groups in total. The summed E-state index contributed by atoms with van der Waals surface area (Å²) in [6, 6.07) is 19.5. The van der Waals surface area contributed by atoms with E-state index in [1.807, 2.05) is 37.2 Å². The zero-order valence-corrected chi connectivity index (χ0v) is 20.4. The maximum atomic E-state index is 13.4. The minimum atomic E-state index is -0.213. The number of carbonyl (C=O) groups excluding carboxylic acids is 1. The summed E-state index contributed by atoms with van der Waals surface area (Å²) in [7, 11) is 7.20. The van der Waals surface area contributed by atoms with Crippen molar-refractivity contribution in [1.29, 1.82) is 0 Å². The Morgan fingerprint density at radius 3 is 2.31 bits per heavy atom. The number of benzene rings is 3. The molecule has 1 aliphatic rings. The van der Waals surface area contributed by atoms with Gasteiger partial charge in [-0.3, -0.25) is 4.79 Å². The van der Waals surface area contributed by atoms with Crippen molar-refractivity contribution in [3.05, 3.63) is 72.1 Å². The monoisotopic (exact) mass is 471 g/mol. The summed E-state index contributed by atoms with van der Waals surface area (Å²) in [6.45, 7) is 0.644. The number of aromatic nitrogens is 1. The SMILES string of the molecule is COc1cc(OC)cc(C(=O)N2CCC[C@@H]2c2nc3cc(-c4ccc(N(C)C)cc4)ccc3o2)c1. The van der Waals surface area contributed by atoms with E-state index in [1.54, 1.807) is 32.4 Å². The van der Waals surface area contributed by atoms with Gasteiger partial charge >= 0.3 is 0 Å². The van der Waals surface area contributed by atoms with Gasteiger partial charge in [0.15, 0.2) is 5.58 Å². The molecule has 0 radical (unpaired) electrons. The topological polar surface area (TPSA) is 68.0 Å². The molecule has 1 amide bonds. The molecule has 1 aliphatic heterocycles. The van der Waals surface area contributed by atoms with Crippen LogP contribution in [0.4, 0.5) is 5.69 Å². The largest absolute Gasteiger partial charge is 0.497 e. The highest BCUT2D eigenvalue weighted by Gasteiger charge is 2.34. The van der Waals surface area contributed by atoms with Crippen LogP contribution in [0.25, 0.3) is 22.2 Å². The molecule has 1 fully saturated rings. The lowest BCUT2D eigenvalue weighted by Crippen LogP contribution is -2.30. The van der Waals surface area contributed by atoms with Crippen LogP contribution in [-0.2, 0) is 0 Å². The smallest absolute Gasteiger partial charge is 0.254 e. The van der Waals surface area contributed by atoms with Crippen molar-refractivity contribution < 1.29 is 18.7 Å². The standard InChI is InChI=1S/C28H29N3O4/c1-30(2)21-10-7-18(8-11-21)19-9-12-26-24(16-19)29-27(35-26)25-6-5-13-31(25)28(32)20-14-22(33-3)17-23(15-20)34-4/h7-12,14-17,25H,5-6,13H2,1-4H3/t25-/m1/s1. The molecule has 4 aromatic rings. The summed E-state index contributed by atoms with van der Waals surface area (Å²) in [4.78, 5) is 22.2. The Kier molecular flexibility index (Phi) is 6.07. The van der Waals surface area contributed by atoms with E-state index in [4.69, 9.17) is 18.9 Å². The van der Waals surface area contributed by atoms with Crippen molar-refractivity contribution >= 4 is 22.7 Å². The Morgan fingerprint density at radius 1 is 0.971 bits per heavy atom. The second-order valence-corrected chi connectivity index (χ2v) is 8.93. The van der Waals surface area contributed by atoms with E-state index < -0.39 is 0 Å². The Labute approximate surface area is 204 Å². The summed E-state index contributed by atoms with van der Waals surface area (Å²) < 4.78 is 16.8. The molecular formula is C28H29N3O4. The van der Waals surface area contributed by atoms with E-state index in [1.165, 1.54) is 0 Å². The minimum Gasteiger partial charge on any atom is -0.497 e. The average molecular weight is 472 g/mol. The van der Waals surface area contributed by atoms with Crippen LogP contribution in [0.3, 0.4) is 0 Å². The van der Waals surface area contributed by atoms with Crippen LogP contribution in [0.5, 0.6) is 11.5 Å². The van der Waals surface area contributed by atoms with Gasteiger partial charge in [-0.25, -0.2) is 4.98 Å². The lowest BCUT2D eigenvalue weighted by molar-refractivity contribution is 0.0716. The third kappa shape index (κ3) is 4.41. The van der Waals surface area contributed by atoms with Crippen molar-refractivity contribution in [3.63, 3.8) is 0 Å². The molecule has 180 valence electrons. The molecule has 5 rings (SSSR count).